The lowest BCUT2D eigenvalue weighted by Crippen LogP contribution is -2.37. The first-order valence-corrected chi connectivity index (χ1v) is 9.01. The number of likely N-dealkylation sites (N-methyl/N-ethyl adjacent to an activating group) is 1. The number of benzene rings is 1. The van der Waals surface area contributed by atoms with Crippen LogP contribution in [0.2, 0.25) is 0 Å². The minimum Gasteiger partial charge on any atom is -0.435 e. The molecule has 0 unspecified atom stereocenters. The van der Waals surface area contributed by atoms with Crippen LogP contribution in [0.3, 0.4) is 0 Å². The number of carbonyl (C=O) groups excluding carboxylic acids is 1. The Morgan fingerprint density at radius 1 is 1.27 bits per heavy atom. The van der Waals surface area contributed by atoms with Crippen LogP contribution in [0, 0.1) is 0 Å². The van der Waals surface area contributed by atoms with Crippen molar-refractivity contribution in [1.29, 1.82) is 0 Å². The van der Waals surface area contributed by atoms with Gasteiger partial charge in [0.05, 0.1) is 5.69 Å². The monoisotopic (exact) mass is 431 g/mol. The predicted octanol–water partition coefficient (Wildman–Crippen LogP) is 3.40. The molecule has 0 spiro atoms. The van der Waals surface area contributed by atoms with Gasteiger partial charge in [0, 0.05) is 19.5 Å². The van der Waals surface area contributed by atoms with Gasteiger partial charge in [0.1, 0.15) is 17.9 Å². The number of hydrogen-bond donors (Lipinski definition) is 0. The molecule has 0 saturated heterocycles. The zero-order valence-electron chi connectivity index (χ0n) is 15.8. The molecule has 1 saturated carbocycles. The van der Waals surface area contributed by atoms with Gasteiger partial charge < -0.3 is 9.64 Å². The lowest BCUT2D eigenvalue weighted by molar-refractivity contribution is -0.140. The molecule has 1 aliphatic rings. The number of rotatable bonds is 7. The average Bonchev–Trinajstić information content (AvgIpc) is 3.48. The number of alkyl halides is 5. The van der Waals surface area contributed by atoms with Crippen LogP contribution in [0.1, 0.15) is 35.6 Å². The van der Waals surface area contributed by atoms with Crippen molar-refractivity contribution in [3.8, 4) is 5.75 Å². The summed E-state index contributed by atoms with van der Waals surface area (Å²) in [5.41, 5.74) is -1.99. The van der Waals surface area contributed by atoms with Crippen LogP contribution in [0.15, 0.2) is 35.1 Å². The molecule has 1 aromatic carbocycles. The zero-order chi connectivity index (χ0) is 22.1. The number of ether oxygens (including phenoxy) is 1. The quantitative estimate of drug-likeness (QED) is 0.631. The van der Waals surface area contributed by atoms with Crippen molar-refractivity contribution >= 4 is 5.91 Å². The van der Waals surface area contributed by atoms with Gasteiger partial charge in [0.15, 0.2) is 0 Å². The van der Waals surface area contributed by atoms with Gasteiger partial charge in [-0.1, -0.05) is 12.1 Å². The van der Waals surface area contributed by atoms with Crippen LogP contribution in [-0.2, 0) is 24.1 Å². The van der Waals surface area contributed by atoms with E-state index >= 15 is 0 Å². The molecule has 11 heteroatoms. The maximum atomic E-state index is 13.2. The van der Waals surface area contributed by atoms with Crippen molar-refractivity contribution in [3.05, 3.63) is 57.5 Å². The molecule has 1 aromatic heterocycles. The van der Waals surface area contributed by atoms with Gasteiger partial charge in [-0.05, 0) is 36.6 Å². The molecule has 162 valence electrons. The summed E-state index contributed by atoms with van der Waals surface area (Å²) in [5, 5.41) is 3.95. The van der Waals surface area contributed by atoms with Gasteiger partial charge >= 0.3 is 12.8 Å². The molecular weight excluding hydrogens is 413 g/mol. The maximum Gasteiger partial charge on any atom is 0.421 e. The van der Waals surface area contributed by atoms with E-state index in [2.05, 4.69) is 9.84 Å². The molecule has 0 radical (unpaired) electrons. The van der Waals surface area contributed by atoms with Gasteiger partial charge in [0.25, 0.3) is 5.56 Å². The van der Waals surface area contributed by atoms with Crippen LogP contribution in [-0.4, -0.2) is 34.2 Å². The van der Waals surface area contributed by atoms with Crippen LogP contribution in [0.4, 0.5) is 22.0 Å². The van der Waals surface area contributed by atoms with Gasteiger partial charge in [-0.25, -0.2) is 4.68 Å². The van der Waals surface area contributed by atoms with E-state index < -0.39 is 36.4 Å². The smallest absolute Gasteiger partial charge is 0.421 e. The largest absolute Gasteiger partial charge is 0.435 e. The predicted molar refractivity (Wildman–Crippen MR) is 95.0 cm³/mol. The Kier molecular flexibility index (Phi) is 6.09. The fourth-order valence-electron chi connectivity index (χ4n) is 2.84. The van der Waals surface area contributed by atoms with Crippen LogP contribution >= 0.6 is 0 Å². The first-order valence-electron chi connectivity index (χ1n) is 9.01. The van der Waals surface area contributed by atoms with Crippen molar-refractivity contribution < 1.29 is 31.5 Å². The second kappa shape index (κ2) is 8.41. The Labute approximate surface area is 167 Å². The first kappa shape index (κ1) is 21.7. The first-order chi connectivity index (χ1) is 14.0. The van der Waals surface area contributed by atoms with Crippen LogP contribution < -0.4 is 10.3 Å². The number of halogens is 5. The van der Waals surface area contributed by atoms with Crippen LogP contribution in [0.25, 0.3) is 0 Å². The normalized spacial score (nSPS) is 14.1. The summed E-state index contributed by atoms with van der Waals surface area (Å²) in [6, 6.07) is 6.32. The third-order valence-electron chi connectivity index (χ3n) is 4.57. The molecule has 0 N–H and O–H groups in total. The molecule has 0 bridgehead atoms. The summed E-state index contributed by atoms with van der Waals surface area (Å²) < 4.78 is 68.7. The van der Waals surface area contributed by atoms with Crippen molar-refractivity contribution in [3.63, 3.8) is 0 Å². The SMILES string of the molecule is CN(Cc1ccc(OC(F)F)cc1)C(=O)Cn1nc(C2CC2)cc(C(F)(F)F)c1=O. The summed E-state index contributed by atoms with van der Waals surface area (Å²) in [7, 11) is 1.41. The fraction of sp³-hybridized carbons (Fsp3) is 0.421. The molecule has 30 heavy (non-hydrogen) atoms. The Bertz CT molecular complexity index is 969. The summed E-state index contributed by atoms with van der Waals surface area (Å²) in [5.74, 6) is -0.812. The standard InChI is InChI=1S/C19H18F5N3O3/c1-26(9-11-2-6-13(7-3-11)30-18(20)21)16(28)10-27-17(29)14(19(22,23)24)8-15(25-27)12-4-5-12/h2-3,6-8,12,18H,4-5,9-10H2,1H3. The topological polar surface area (TPSA) is 64.4 Å². The highest BCUT2D eigenvalue weighted by atomic mass is 19.4. The lowest BCUT2D eigenvalue weighted by atomic mass is 10.2. The molecule has 2 aromatic rings. The average molecular weight is 431 g/mol. The van der Waals surface area contributed by atoms with E-state index in [1.54, 1.807) is 0 Å². The lowest BCUT2D eigenvalue weighted by Gasteiger charge is -2.19. The molecule has 6 nitrogen and oxygen atoms in total. The summed E-state index contributed by atoms with van der Waals surface area (Å²) in [4.78, 5) is 25.9. The molecule has 1 heterocycles. The highest BCUT2D eigenvalue weighted by Crippen LogP contribution is 2.40. The minimum absolute atomic E-state index is 0.0462. The molecule has 0 aliphatic heterocycles. The number of nitrogens with zero attached hydrogens (tertiary/aromatic N) is 3. The Balaban J connectivity index is 1.73. The third-order valence-corrected chi connectivity index (χ3v) is 4.57. The molecule has 1 amide bonds. The van der Waals surface area contributed by atoms with E-state index in [0.717, 1.165) is 6.07 Å². The summed E-state index contributed by atoms with van der Waals surface area (Å²) in [6.45, 7) is -3.55. The highest BCUT2D eigenvalue weighted by Gasteiger charge is 2.37. The van der Waals surface area contributed by atoms with Gasteiger partial charge in [0.2, 0.25) is 5.91 Å². The van der Waals surface area contributed by atoms with E-state index in [9.17, 15) is 31.5 Å². The molecule has 0 atom stereocenters. The minimum atomic E-state index is -4.84. The van der Waals surface area contributed by atoms with E-state index in [-0.39, 0.29) is 23.9 Å². The number of aromatic nitrogens is 2. The third kappa shape index (κ3) is 5.33. The number of hydrogen-bond acceptors (Lipinski definition) is 4. The summed E-state index contributed by atoms with van der Waals surface area (Å²) >= 11 is 0. The van der Waals surface area contributed by atoms with Crippen molar-refractivity contribution in [1.82, 2.24) is 14.7 Å². The van der Waals surface area contributed by atoms with Crippen molar-refractivity contribution in [2.45, 2.75) is 44.6 Å². The Morgan fingerprint density at radius 3 is 2.43 bits per heavy atom. The van der Waals surface area contributed by atoms with Crippen LogP contribution in [0.5, 0.6) is 5.75 Å². The van der Waals surface area contributed by atoms with Gasteiger partial charge in [-0.3, -0.25) is 9.59 Å². The van der Waals surface area contributed by atoms with E-state index in [1.807, 2.05) is 0 Å². The Morgan fingerprint density at radius 2 is 1.90 bits per heavy atom. The second-order valence-corrected chi connectivity index (χ2v) is 6.99. The van der Waals surface area contributed by atoms with E-state index in [0.29, 0.717) is 23.1 Å². The highest BCUT2D eigenvalue weighted by molar-refractivity contribution is 5.75. The molecule has 1 aliphatic carbocycles. The van der Waals surface area contributed by atoms with E-state index in [4.69, 9.17) is 0 Å². The molecule has 3 rings (SSSR count). The zero-order valence-corrected chi connectivity index (χ0v) is 15.8. The number of amides is 1. The van der Waals surface area contributed by atoms with Gasteiger partial charge in [-0.2, -0.15) is 27.1 Å². The fourth-order valence-corrected chi connectivity index (χ4v) is 2.84. The number of carbonyl (C=O) groups is 1. The van der Waals surface area contributed by atoms with Crippen molar-refractivity contribution in [2.24, 2.45) is 0 Å². The molecule has 1 fully saturated rings. The Hall–Kier alpha value is -2.98. The second-order valence-electron chi connectivity index (χ2n) is 6.99. The van der Waals surface area contributed by atoms with Crippen molar-refractivity contribution in [2.75, 3.05) is 7.05 Å². The summed E-state index contributed by atoms with van der Waals surface area (Å²) in [6.07, 6.45) is -3.48. The van der Waals surface area contributed by atoms with Gasteiger partial charge in [-0.15, -0.1) is 0 Å². The maximum absolute atomic E-state index is 13.2. The molecular formula is C19H18F5N3O3. The van der Waals surface area contributed by atoms with E-state index in [1.165, 1.54) is 36.2 Å².